The van der Waals surface area contributed by atoms with Crippen molar-refractivity contribution in [1.82, 2.24) is 0 Å². The lowest BCUT2D eigenvalue weighted by molar-refractivity contribution is 0.104. The second-order valence-electron chi connectivity index (χ2n) is 5.05. The lowest BCUT2D eigenvalue weighted by Gasteiger charge is -2.09. The van der Waals surface area contributed by atoms with Crippen molar-refractivity contribution in [2.24, 2.45) is 0 Å². The summed E-state index contributed by atoms with van der Waals surface area (Å²) in [5.41, 5.74) is 2.33. The predicted molar refractivity (Wildman–Crippen MR) is 97.8 cm³/mol. The van der Waals surface area contributed by atoms with Gasteiger partial charge in [0.25, 0.3) is 0 Å². The highest BCUT2D eigenvalue weighted by molar-refractivity contribution is 9.10. The number of ketones is 1. The van der Waals surface area contributed by atoms with Gasteiger partial charge < -0.3 is 14.2 Å². The van der Waals surface area contributed by atoms with E-state index in [1.165, 1.54) is 0 Å². The molecule has 126 valence electrons. The Labute approximate surface area is 150 Å². The van der Waals surface area contributed by atoms with Crippen molar-refractivity contribution in [2.45, 2.75) is 6.61 Å². The van der Waals surface area contributed by atoms with Crippen LogP contribution in [-0.2, 0) is 11.3 Å². The van der Waals surface area contributed by atoms with Crippen molar-refractivity contribution in [3.63, 3.8) is 0 Å². The van der Waals surface area contributed by atoms with Crippen LogP contribution < -0.4 is 9.47 Å². The van der Waals surface area contributed by atoms with E-state index in [9.17, 15) is 4.79 Å². The predicted octanol–water partition coefficient (Wildman–Crippen LogP) is 4.51. The van der Waals surface area contributed by atoms with Crippen LogP contribution in [0.1, 0.15) is 21.5 Å². The summed E-state index contributed by atoms with van der Waals surface area (Å²) < 4.78 is 16.4. The fourth-order valence-electron chi connectivity index (χ4n) is 2.25. The van der Waals surface area contributed by atoms with Gasteiger partial charge in [-0.1, -0.05) is 12.1 Å². The van der Waals surface area contributed by atoms with Crippen molar-refractivity contribution in [3.8, 4) is 11.5 Å². The molecule has 0 radical (unpaired) electrons. The summed E-state index contributed by atoms with van der Waals surface area (Å²) in [5.74, 6) is 1.37. The Bertz CT molecular complexity index is 753. The van der Waals surface area contributed by atoms with Crippen LogP contribution in [0.25, 0.3) is 6.08 Å². The molecule has 0 heterocycles. The monoisotopic (exact) mass is 390 g/mol. The molecular weight excluding hydrogens is 372 g/mol. The fourth-order valence-corrected chi connectivity index (χ4v) is 2.81. The Morgan fingerprint density at radius 2 is 1.75 bits per heavy atom. The van der Waals surface area contributed by atoms with Crippen LogP contribution in [0.15, 0.2) is 46.9 Å². The largest absolute Gasteiger partial charge is 0.496 e. The minimum Gasteiger partial charge on any atom is -0.496 e. The molecule has 0 fully saturated rings. The minimum atomic E-state index is -0.0815. The smallest absolute Gasteiger partial charge is 0.185 e. The van der Waals surface area contributed by atoms with Crippen molar-refractivity contribution in [1.29, 1.82) is 0 Å². The minimum absolute atomic E-state index is 0.0815. The highest BCUT2D eigenvalue weighted by Gasteiger charge is 2.08. The lowest BCUT2D eigenvalue weighted by Crippen LogP contribution is -1.99. The van der Waals surface area contributed by atoms with E-state index in [2.05, 4.69) is 15.9 Å². The maximum atomic E-state index is 12.4. The van der Waals surface area contributed by atoms with E-state index in [1.807, 2.05) is 18.2 Å². The first kappa shape index (κ1) is 18.2. The molecule has 4 nitrogen and oxygen atoms in total. The number of ether oxygens (including phenoxy) is 3. The van der Waals surface area contributed by atoms with E-state index >= 15 is 0 Å². The third kappa shape index (κ3) is 4.46. The zero-order valence-corrected chi connectivity index (χ0v) is 15.4. The summed E-state index contributed by atoms with van der Waals surface area (Å²) in [4.78, 5) is 12.4. The SMILES string of the molecule is COCc1cc(C(=O)/C=C/c2ccc(OC)c(Br)c2)ccc1OC. The van der Waals surface area contributed by atoms with Crippen LogP contribution in [0, 0.1) is 0 Å². The van der Waals surface area contributed by atoms with Crippen LogP contribution in [-0.4, -0.2) is 27.1 Å². The highest BCUT2D eigenvalue weighted by atomic mass is 79.9. The molecule has 0 saturated heterocycles. The first-order valence-corrected chi connectivity index (χ1v) is 8.10. The molecule has 0 atom stereocenters. The lowest BCUT2D eigenvalue weighted by atomic mass is 10.1. The van der Waals surface area contributed by atoms with Crippen molar-refractivity contribution in [3.05, 3.63) is 63.6 Å². The molecule has 5 heteroatoms. The molecule has 2 rings (SSSR count). The topological polar surface area (TPSA) is 44.8 Å². The molecule has 0 amide bonds. The van der Waals surface area contributed by atoms with E-state index in [0.717, 1.165) is 21.3 Å². The first-order valence-electron chi connectivity index (χ1n) is 7.31. The zero-order valence-electron chi connectivity index (χ0n) is 13.8. The number of carbonyl (C=O) groups excluding carboxylic acids is 1. The Morgan fingerprint density at radius 1 is 1.04 bits per heavy atom. The summed E-state index contributed by atoms with van der Waals surface area (Å²) in [6.45, 7) is 0.388. The van der Waals surface area contributed by atoms with Gasteiger partial charge in [-0.2, -0.15) is 0 Å². The molecule has 0 aliphatic heterocycles. The number of halogens is 1. The standard InChI is InChI=1S/C19H19BrO4/c1-22-12-15-11-14(6-9-18(15)23-2)17(21)7-4-13-5-8-19(24-3)16(20)10-13/h4-11H,12H2,1-3H3/b7-4+. The zero-order chi connectivity index (χ0) is 17.5. The third-order valence-electron chi connectivity index (χ3n) is 3.47. The van der Waals surface area contributed by atoms with E-state index in [1.54, 1.807) is 51.7 Å². The summed E-state index contributed by atoms with van der Waals surface area (Å²) in [6.07, 6.45) is 3.32. The van der Waals surface area contributed by atoms with Crippen molar-refractivity contribution < 1.29 is 19.0 Å². The van der Waals surface area contributed by atoms with Gasteiger partial charge in [0.2, 0.25) is 0 Å². The van der Waals surface area contributed by atoms with Gasteiger partial charge in [0.15, 0.2) is 5.78 Å². The van der Waals surface area contributed by atoms with Gasteiger partial charge in [-0.15, -0.1) is 0 Å². The molecule has 0 aliphatic carbocycles. The fraction of sp³-hybridized carbons (Fsp3) is 0.211. The second-order valence-corrected chi connectivity index (χ2v) is 5.91. The van der Waals surface area contributed by atoms with Crippen LogP contribution in [0.5, 0.6) is 11.5 Å². The molecule has 0 aromatic heterocycles. The maximum absolute atomic E-state index is 12.4. The molecule has 0 saturated carbocycles. The van der Waals surface area contributed by atoms with E-state index < -0.39 is 0 Å². The molecule has 0 bridgehead atoms. The average Bonchev–Trinajstić information content (AvgIpc) is 2.60. The average molecular weight is 391 g/mol. The molecule has 0 spiro atoms. The summed E-state index contributed by atoms with van der Waals surface area (Å²) >= 11 is 3.43. The Morgan fingerprint density at radius 3 is 2.38 bits per heavy atom. The van der Waals surface area contributed by atoms with Crippen molar-refractivity contribution in [2.75, 3.05) is 21.3 Å². The number of benzene rings is 2. The van der Waals surface area contributed by atoms with Gasteiger partial charge in [-0.05, 0) is 57.9 Å². The van der Waals surface area contributed by atoms with E-state index in [0.29, 0.717) is 17.9 Å². The van der Waals surface area contributed by atoms with E-state index in [-0.39, 0.29) is 5.78 Å². The Balaban J connectivity index is 2.19. The number of rotatable bonds is 7. The van der Waals surface area contributed by atoms with Crippen LogP contribution in [0.4, 0.5) is 0 Å². The summed E-state index contributed by atoms with van der Waals surface area (Å²) in [6, 6.07) is 10.9. The molecule has 24 heavy (non-hydrogen) atoms. The molecule has 2 aromatic rings. The molecule has 2 aromatic carbocycles. The van der Waals surface area contributed by atoms with Gasteiger partial charge in [-0.3, -0.25) is 4.79 Å². The quantitative estimate of drug-likeness (QED) is 0.515. The first-order chi connectivity index (χ1) is 11.6. The van der Waals surface area contributed by atoms with Gasteiger partial charge in [-0.25, -0.2) is 0 Å². The summed E-state index contributed by atoms with van der Waals surface area (Å²) in [5, 5.41) is 0. The molecule has 0 N–H and O–H groups in total. The second kappa shape index (κ2) is 8.66. The Kier molecular flexibility index (Phi) is 6.58. The number of hydrogen-bond acceptors (Lipinski definition) is 4. The van der Waals surface area contributed by atoms with Crippen LogP contribution in [0.3, 0.4) is 0 Å². The van der Waals surface area contributed by atoms with Gasteiger partial charge in [0.1, 0.15) is 11.5 Å². The third-order valence-corrected chi connectivity index (χ3v) is 4.09. The Hall–Kier alpha value is -2.11. The number of methoxy groups -OCH3 is 3. The maximum Gasteiger partial charge on any atom is 0.185 e. The van der Waals surface area contributed by atoms with E-state index in [4.69, 9.17) is 14.2 Å². The number of carbonyl (C=O) groups is 1. The van der Waals surface area contributed by atoms with Crippen LogP contribution in [0.2, 0.25) is 0 Å². The summed E-state index contributed by atoms with van der Waals surface area (Å²) in [7, 11) is 4.81. The number of allylic oxidation sites excluding steroid dienone is 1. The van der Waals surface area contributed by atoms with Gasteiger partial charge in [0.05, 0.1) is 25.3 Å². The van der Waals surface area contributed by atoms with Gasteiger partial charge >= 0.3 is 0 Å². The molecule has 0 aliphatic rings. The van der Waals surface area contributed by atoms with Crippen molar-refractivity contribution >= 4 is 27.8 Å². The normalized spacial score (nSPS) is 10.8. The highest BCUT2D eigenvalue weighted by Crippen LogP contribution is 2.26. The van der Waals surface area contributed by atoms with Crippen LogP contribution >= 0.6 is 15.9 Å². The molecular formula is C19H19BrO4. The number of hydrogen-bond donors (Lipinski definition) is 0. The molecule has 0 unspecified atom stereocenters. The van der Waals surface area contributed by atoms with Gasteiger partial charge in [0, 0.05) is 18.2 Å².